The van der Waals surface area contributed by atoms with E-state index in [0.717, 1.165) is 16.7 Å². The van der Waals surface area contributed by atoms with Crippen molar-refractivity contribution in [2.45, 2.75) is 13.8 Å². The number of hydrogen-bond donors (Lipinski definition) is 0. The Balaban J connectivity index is 2.90. The van der Waals surface area contributed by atoms with Crippen molar-refractivity contribution in [1.29, 1.82) is 0 Å². The lowest BCUT2D eigenvalue weighted by molar-refractivity contribution is 0.952. The molecule has 2 aromatic heterocycles. The quantitative estimate of drug-likeness (QED) is 0.587. The molecule has 62 valence electrons. The maximum Gasteiger partial charge on any atom is 0.114 e. The Morgan fingerprint density at radius 1 is 1.25 bits per heavy atom. The van der Waals surface area contributed by atoms with Crippen molar-refractivity contribution >= 4 is 11.0 Å². The predicted molar refractivity (Wildman–Crippen MR) is 48.0 cm³/mol. The van der Waals surface area contributed by atoms with Crippen molar-refractivity contribution in [3.63, 3.8) is 0 Å². The van der Waals surface area contributed by atoms with Crippen LogP contribution in [-0.2, 0) is 7.05 Å². The molecule has 0 aliphatic rings. The van der Waals surface area contributed by atoms with Gasteiger partial charge in [-0.15, -0.1) is 5.10 Å². The zero-order valence-corrected chi connectivity index (χ0v) is 7.50. The van der Waals surface area contributed by atoms with Crippen LogP contribution in [0.1, 0.15) is 11.3 Å². The van der Waals surface area contributed by atoms with Crippen LogP contribution >= 0.6 is 0 Å². The van der Waals surface area contributed by atoms with Gasteiger partial charge in [0.2, 0.25) is 0 Å². The molecule has 0 aromatic carbocycles. The zero-order chi connectivity index (χ0) is 8.72. The van der Waals surface area contributed by atoms with E-state index in [4.69, 9.17) is 0 Å². The van der Waals surface area contributed by atoms with E-state index in [1.54, 1.807) is 0 Å². The lowest BCUT2D eigenvalue weighted by Gasteiger charge is -1.94. The van der Waals surface area contributed by atoms with Crippen LogP contribution in [-0.4, -0.2) is 14.8 Å². The molecular weight excluding hydrogens is 150 g/mol. The van der Waals surface area contributed by atoms with E-state index in [-0.39, 0.29) is 0 Å². The summed E-state index contributed by atoms with van der Waals surface area (Å²) in [6.45, 7) is 4.00. The van der Waals surface area contributed by atoms with Gasteiger partial charge in [0.05, 0.1) is 11.2 Å². The molecule has 0 aliphatic carbocycles. The van der Waals surface area contributed by atoms with Crippen LogP contribution in [0.4, 0.5) is 0 Å². The molecule has 2 rings (SSSR count). The van der Waals surface area contributed by atoms with Gasteiger partial charge in [-0.2, -0.15) is 5.10 Å². The lowest BCUT2D eigenvalue weighted by Crippen LogP contribution is -1.89. The maximum atomic E-state index is 4.13. The monoisotopic (exact) mass is 161 g/mol. The number of aromatic nitrogens is 3. The Labute approximate surface area is 71.0 Å². The van der Waals surface area contributed by atoms with Gasteiger partial charge < -0.3 is 4.57 Å². The second-order valence-electron chi connectivity index (χ2n) is 3.14. The summed E-state index contributed by atoms with van der Waals surface area (Å²) in [6, 6.07) is 2.05. The first-order valence-corrected chi connectivity index (χ1v) is 3.94. The van der Waals surface area contributed by atoms with Gasteiger partial charge in [-0.3, -0.25) is 0 Å². The normalized spacial score (nSPS) is 10.9. The van der Waals surface area contributed by atoms with E-state index in [1.807, 2.05) is 20.9 Å². The van der Waals surface area contributed by atoms with Crippen molar-refractivity contribution in [2.24, 2.45) is 7.05 Å². The van der Waals surface area contributed by atoms with Crippen LogP contribution in [0.15, 0.2) is 12.3 Å². The Morgan fingerprint density at radius 3 is 2.75 bits per heavy atom. The minimum atomic E-state index is 0.962. The minimum absolute atomic E-state index is 0.962. The molecule has 3 nitrogen and oxygen atoms in total. The van der Waals surface area contributed by atoms with Gasteiger partial charge in [0.25, 0.3) is 0 Å². The smallest absolute Gasteiger partial charge is 0.114 e. The lowest BCUT2D eigenvalue weighted by atomic mass is 10.3. The van der Waals surface area contributed by atoms with Crippen molar-refractivity contribution in [3.8, 4) is 0 Å². The van der Waals surface area contributed by atoms with Gasteiger partial charge in [-0.05, 0) is 25.5 Å². The third kappa shape index (κ3) is 0.897. The fourth-order valence-corrected chi connectivity index (χ4v) is 1.45. The summed E-state index contributed by atoms with van der Waals surface area (Å²) >= 11 is 0. The first-order valence-electron chi connectivity index (χ1n) is 3.94. The van der Waals surface area contributed by atoms with Crippen molar-refractivity contribution in [1.82, 2.24) is 14.8 Å². The maximum absolute atomic E-state index is 4.13. The van der Waals surface area contributed by atoms with E-state index in [1.165, 1.54) is 5.56 Å². The summed E-state index contributed by atoms with van der Waals surface area (Å²) in [4.78, 5) is 0. The topological polar surface area (TPSA) is 30.7 Å². The third-order valence-corrected chi connectivity index (χ3v) is 2.04. The zero-order valence-electron chi connectivity index (χ0n) is 7.50. The van der Waals surface area contributed by atoms with Crippen LogP contribution in [0.3, 0.4) is 0 Å². The van der Waals surface area contributed by atoms with Gasteiger partial charge in [-0.1, -0.05) is 0 Å². The average Bonchev–Trinajstić information content (AvgIpc) is 2.28. The first kappa shape index (κ1) is 7.28. The largest absolute Gasteiger partial charge is 0.349 e. The molecule has 0 atom stereocenters. The molecule has 0 fully saturated rings. The molecule has 0 N–H and O–H groups in total. The molecule has 0 unspecified atom stereocenters. The molecule has 0 saturated carbocycles. The van der Waals surface area contributed by atoms with E-state index in [2.05, 4.69) is 27.0 Å². The van der Waals surface area contributed by atoms with E-state index < -0.39 is 0 Å². The average molecular weight is 161 g/mol. The molecule has 0 amide bonds. The number of fused-ring (bicyclic) bond motifs is 1. The number of nitrogens with zero attached hydrogens (tertiary/aromatic N) is 3. The Bertz CT molecular complexity index is 429. The van der Waals surface area contributed by atoms with Gasteiger partial charge in [0, 0.05) is 13.2 Å². The molecule has 0 aliphatic heterocycles. The SMILES string of the molecule is Cc1cc2c(nn1)c(C)cn2C. The van der Waals surface area contributed by atoms with Crippen molar-refractivity contribution in [2.75, 3.05) is 0 Å². The molecular formula is C9H11N3. The van der Waals surface area contributed by atoms with Gasteiger partial charge in [0.15, 0.2) is 0 Å². The summed E-state index contributed by atoms with van der Waals surface area (Å²) in [6.07, 6.45) is 2.07. The third-order valence-electron chi connectivity index (χ3n) is 2.04. The molecule has 3 heteroatoms. The van der Waals surface area contributed by atoms with Crippen molar-refractivity contribution < 1.29 is 0 Å². The fraction of sp³-hybridized carbons (Fsp3) is 0.333. The molecule has 2 aromatic rings. The number of aryl methyl sites for hydroxylation is 3. The van der Waals surface area contributed by atoms with Crippen LogP contribution in [0.2, 0.25) is 0 Å². The highest BCUT2D eigenvalue weighted by Crippen LogP contribution is 2.16. The van der Waals surface area contributed by atoms with Crippen LogP contribution in [0.25, 0.3) is 11.0 Å². The van der Waals surface area contributed by atoms with E-state index in [0.29, 0.717) is 0 Å². The summed E-state index contributed by atoms with van der Waals surface area (Å²) in [5.74, 6) is 0. The number of hydrogen-bond acceptors (Lipinski definition) is 2. The standard InChI is InChI=1S/C9H11N3/c1-6-5-12(3)8-4-7(2)10-11-9(6)8/h4-5H,1-3H3. The van der Waals surface area contributed by atoms with E-state index in [9.17, 15) is 0 Å². The van der Waals surface area contributed by atoms with Crippen LogP contribution in [0.5, 0.6) is 0 Å². The highest BCUT2D eigenvalue weighted by atomic mass is 15.1. The minimum Gasteiger partial charge on any atom is -0.349 e. The molecule has 12 heavy (non-hydrogen) atoms. The fourth-order valence-electron chi connectivity index (χ4n) is 1.45. The van der Waals surface area contributed by atoms with Crippen molar-refractivity contribution in [3.05, 3.63) is 23.5 Å². The number of rotatable bonds is 0. The van der Waals surface area contributed by atoms with E-state index >= 15 is 0 Å². The second kappa shape index (κ2) is 2.30. The Kier molecular flexibility index (Phi) is 1.40. The second-order valence-corrected chi connectivity index (χ2v) is 3.14. The summed E-state index contributed by atoms with van der Waals surface area (Å²) < 4.78 is 2.08. The molecule has 0 spiro atoms. The molecule has 0 radical (unpaired) electrons. The summed E-state index contributed by atoms with van der Waals surface area (Å²) in [5.41, 5.74) is 4.30. The predicted octanol–water partition coefficient (Wildman–Crippen LogP) is 1.59. The summed E-state index contributed by atoms with van der Waals surface area (Å²) in [7, 11) is 2.02. The Hall–Kier alpha value is -1.38. The van der Waals surface area contributed by atoms with Gasteiger partial charge >= 0.3 is 0 Å². The summed E-state index contributed by atoms with van der Waals surface area (Å²) in [5, 5.41) is 8.15. The molecule has 2 heterocycles. The molecule has 0 saturated heterocycles. The highest BCUT2D eigenvalue weighted by Gasteiger charge is 2.03. The first-order chi connectivity index (χ1) is 5.68. The van der Waals surface area contributed by atoms with Gasteiger partial charge in [-0.25, -0.2) is 0 Å². The Morgan fingerprint density at radius 2 is 2.00 bits per heavy atom. The highest BCUT2D eigenvalue weighted by molar-refractivity contribution is 5.78. The van der Waals surface area contributed by atoms with Crippen LogP contribution < -0.4 is 0 Å². The van der Waals surface area contributed by atoms with Gasteiger partial charge in [0.1, 0.15) is 5.52 Å². The van der Waals surface area contributed by atoms with Crippen LogP contribution in [0, 0.1) is 13.8 Å². The molecule has 0 bridgehead atoms.